The van der Waals surface area contributed by atoms with Crippen LogP contribution in [0, 0.1) is 0 Å². The largest absolute Gasteiger partial charge is 0.306 e. The van der Waals surface area contributed by atoms with E-state index in [4.69, 9.17) is 9.97 Å². The molecule has 0 aliphatic carbocycles. The van der Waals surface area contributed by atoms with E-state index in [1.165, 1.54) is 26.7 Å². The Kier molecular flexibility index (Phi) is 4.69. The molecule has 178 valence electrons. The Morgan fingerprint density at radius 2 is 1.18 bits per heavy atom. The lowest BCUT2D eigenvalue weighted by molar-refractivity contribution is 1.27. The van der Waals surface area contributed by atoms with Crippen LogP contribution < -0.4 is 0 Å². The molecule has 38 heavy (non-hydrogen) atoms. The molecule has 0 saturated carbocycles. The number of nitrogens with zero attached hydrogens (tertiary/aromatic N) is 3. The predicted molar refractivity (Wildman–Crippen MR) is 160 cm³/mol. The van der Waals surface area contributed by atoms with Crippen molar-refractivity contribution in [1.82, 2.24) is 14.4 Å². The van der Waals surface area contributed by atoms with Crippen molar-refractivity contribution in [3.63, 3.8) is 0 Å². The lowest BCUT2D eigenvalue weighted by Gasteiger charge is -2.11. The van der Waals surface area contributed by atoms with Gasteiger partial charge in [-0.05, 0) is 53.6 Å². The molecule has 0 radical (unpaired) electrons. The van der Waals surface area contributed by atoms with Gasteiger partial charge in [0.05, 0.1) is 38.0 Å². The lowest BCUT2D eigenvalue weighted by Crippen LogP contribution is -1.95. The standard InChI is InChI=1S/C34H21N3S/c1-4-13-29-25(8-1)21-31-33(35-27-11-2-5-14-30(27)37(29)31)26-10-7-9-24(20-26)22-16-18-23(19-17-22)34-36-28-12-3-6-15-32(28)38-34/h1-21H. The van der Waals surface area contributed by atoms with Crippen molar-refractivity contribution in [2.75, 3.05) is 0 Å². The van der Waals surface area contributed by atoms with Crippen LogP contribution in [-0.2, 0) is 0 Å². The minimum Gasteiger partial charge on any atom is -0.306 e. The van der Waals surface area contributed by atoms with Gasteiger partial charge in [0.25, 0.3) is 0 Å². The highest BCUT2D eigenvalue weighted by Crippen LogP contribution is 2.35. The van der Waals surface area contributed by atoms with Crippen LogP contribution >= 0.6 is 11.3 Å². The summed E-state index contributed by atoms with van der Waals surface area (Å²) < 4.78 is 3.55. The summed E-state index contributed by atoms with van der Waals surface area (Å²) in [5, 5.41) is 2.27. The van der Waals surface area contributed by atoms with Gasteiger partial charge in [-0.25, -0.2) is 9.97 Å². The number of hydrogen-bond donors (Lipinski definition) is 0. The van der Waals surface area contributed by atoms with Crippen molar-refractivity contribution < 1.29 is 0 Å². The van der Waals surface area contributed by atoms with E-state index in [9.17, 15) is 0 Å². The monoisotopic (exact) mass is 503 g/mol. The molecule has 4 heteroatoms. The summed E-state index contributed by atoms with van der Waals surface area (Å²) in [6.07, 6.45) is 0. The molecule has 3 nitrogen and oxygen atoms in total. The number of thiazole rings is 1. The third-order valence-corrected chi connectivity index (χ3v) is 8.29. The predicted octanol–water partition coefficient (Wildman–Crippen LogP) is 9.25. The lowest BCUT2D eigenvalue weighted by atomic mass is 10.00. The number of aromatic nitrogens is 3. The molecular formula is C34H21N3S. The van der Waals surface area contributed by atoms with E-state index in [-0.39, 0.29) is 0 Å². The van der Waals surface area contributed by atoms with Crippen molar-refractivity contribution in [2.45, 2.75) is 0 Å². The Bertz CT molecular complexity index is 2100. The smallest absolute Gasteiger partial charge is 0.124 e. The van der Waals surface area contributed by atoms with Crippen LogP contribution in [0.4, 0.5) is 0 Å². The van der Waals surface area contributed by atoms with Gasteiger partial charge in [0.2, 0.25) is 0 Å². The first-order valence-electron chi connectivity index (χ1n) is 12.7. The summed E-state index contributed by atoms with van der Waals surface area (Å²) in [4.78, 5) is 9.97. The molecule has 5 aromatic carbocycles. The highest BCUT2D eigenvalue weighted by Gasteiger charge is 2.14. The summed E-state index contributed by atoms with van der Waals surface area (Å²) in [5.74, 6) is 0. The van der Waals surface area contributed by atoms with Gasteiger partial charge in [-0.15, -0.1) is 11.3 Å². The third-order valence-electron chi connectivity index (χ3n) is 7.20. The van der Waals surface area contributed by atoms with Crippen molar-refractivity contribution in [2.24, 2.45) is 0 Å². The van der Waals surface area contributed by atoms with Crippen LogP contribution in [-0.4, -0.2) is 14.4 Å². The minimum absolute atomic E-state index is 0.988. The Labute approximate surface area is 223 Å². The quantitative estimate of drug-likeness (QED) is 0.240. The molecule has 8 rings (SSSR count). The number of benzene rings is 5. The van der Waals surface area contributed by atoms with E-state index in [2.05, 4.69) is 126 Å². The van der Waals surface area contributed by atoms with Crippen LogP contribution in [0.5, 0.6) is 0 Å². The fourth-order valence-electron chi connectivity index (χ4n) is 5.37. The van der Waals surface area contributed by atoms with Gasteiger partial charge >= 0.3 is 0 Å². The second-order valence-corrected chi connectivity index (χ2v) is 10.5. The number of hydrogen-bond acceptors (Lipinski definition) is 3. The zero-order valence-electron chi connectivity index (χ0n) is 20.4. The second kappa shape index (κ2) is 8.37. The van der Waals surface area contributed by atoms with Crippen LogP contribution in [0.1, 0.15) is 0 Å². The summed E-state index contributed by atoms with van der Waals surface area (Å²) in [5.41, 5.74) is 11.1. The first-order valence-corrected chi connectivity index (χ1v) is 13.5. The fraction of sp³-hybridized carbons (Fsp3) is 0. The first kappa shape index (κ1) is 21.3. The minimum atomic E-state index is 0.988. The average Bonchev–Trinajstić information content (AvgIpc) is 3.59. The van der Waals surface area contributed by atoms with E-state index >= 15 is 0 Å². The van der Waals surface area contributed by atoms with E-state index in [1.807, 2.05) is 6.07 Å². The summed E-state index contributed by atoms with van der Waals surface area (Å²) in [7, 11) is 0. The zero-order valence-corrected chi connectivity index (χ0v) is 21.2. The van der Waals surface area contributed by atoms with Crippen molar-refractivity contribution in [1.29, 1.82) is 0 Å². The van der Waals surface area contributed by atoms with Crippen molar-refractivity contribution in [3.05, 3.63) is 127 Å². The zero-order chi connectivity index (χ0) is 25.1. The summed E-state index contributed by atoms with van der Waals surface area (Å²) in [6, 6.07) is 44.9. The number of para-hydroxylation sites is 4. The second-order valence-electron chi connectivity index (χ2n) is 9.52. The van der Waals surface area contributed by atoms with Gasteiger partial charge in [0.15, 0.2) is 0 Å². The molecule has 0 fully saturated rings. The Balaban J connectivity index is 1.25. The molecule has 0 atom stereocenters. The van der Waals surface area contributed by atoms with Gasteiger partial charge in [0, 0.05) is 16.5 Å². The van der Waals surface area contributed by atoms with Crippen molar-refractivity contribution >= 4 is 49.0 Å². The molecule has 0 bridgehead atoms. The average molecular weight is 504 g/mol. The molecular weight excluding hydrogens is 482 g/mol. The van der Waals surface area contributed by atoms with Crippen LogP contribution in [0.25, 0.3) is 70.6 Å². The molecule has 8 aromatic rings. The number of fused-ring (bicyclic) bond motifs is 6. The maximum absolute atomic E-state index is 5.15. The molecule has 3 aromatic heterocycles. The molecule has 0 N–H and O–H groups in total. The molecule has 0 amide bonds. The van der Waals surface area contributed by atoms with Crippen LogP contribution in [0.3, 0.4) is 0 Å². The van der Waals surface area contributed by atoms with Gasteiger partial charge < -0.3 is 4.40 Å². The molecule has 0 aliphatic rings. The maximum atomic E-state index is 5.15. The Morgan fingerprint density at radius 3 is 2.05 bits per heavy atom. The number of rotatable bonds is 3. The van der Waals surface area contributed by atoms with Crippen LogP contribution in [0.15, 0.2) is 127 Å². The van der Waals surface area contributed by atoms with Crippen LogP contribution in [0.2, 0.25) is 0 Å². The van der Waals surface area contributed by atoms with Gasteiger partial charge in [-0.3, -0.25) is 0 Å². The van der Waals surface area contributed by atoms with Gasteiger partial charge in [-0.2, -0.15) is 0 Å². The van der Waals surface area contributed by atoms with E-state index in [0.717, 1.165) is 43.9 Å². The van der Waals surface area contributed by atoms with Gasteiger partial charge in [-0.1, -0.05) is 84.9 Å². The highest BCUT2D eigenvalue weighted by molar-refractivity contribution is 7.21. The summed E-state index contributed by atoms with van der Waals surface area (Å²) >= 11 is 1.73. The first-order chi connectivity index (χ1) is 18.8. The molecule has 0 aliphatic heterocycles. The third kappa shape index (κ3) is 3.35. The molecule has 0 saturated heterocycles. The Hall–Kier alpha value is -4.80. The van der Waals surface area contributed by atoms with E-state index in [0.29, 0.717) is 0 Å². The SMILES string of the molecule is c1cc(-c2ccc(-c3nc4ccccc4s3)cc2)cc(-c2nc3ccccc3n3c2cc2ccccc23)c1. The van der Waals surface area contributed by atoms with E-state index in [1.54, 1.807) is 11.3 Å². The highest BCUT2D eigenvalue weighted by atomic mass is 32.1. The van der Waals surface area contributed by atoms with Crippen molar-refractivity contribution in [3.8, 4) is 33.0 Å². The van der Waals surface area contributed by atoms with E-state index < -0.39 is 0 Å². The molecule has 3 heterocycles. The summed E-state index contributed by atoms with van der Waals surface area (Å²) in [6.45, 7) is 0. The topological polar surface area (TPSA) is 30.2 Å². The van der Waals surface area contributed by atoms with Gasteiger partial charge in [0.1, 0.15) is 5.01 Å². The fourth-order valence-corrected chi connectivity index (χ4v) is 6.34. The molecule has 0 unspecified atom stereocenters. The Morgan fingerprint density at radius 1 is 0.474 bits per heavy atom. The normalized spacial score (nSPS) is 11.7. The maximum Gasteiger partial charge on any atom is 0.124 e. The molecule has 0 spiro atoms.